The Morgan fingerprint density at radius 3 is 2.25 bits per heavy atom. The standard InChI is InChI=1S/C22H26N4O2/c1-22(2,3)28-21(27)25-15-13-24(14-16-25)20-23-18-11-7-8-12-19(18)26(20)17-9-5-4-6-10-17/h4-12H,13-16H2,1-3H3. The first-order valence-corrected chi connectivity index (χ1v) is 9.68. The molecule has 2 aromatic carbocycles. The van der Waals surface area contributed by atoms with Crippen LogP contribution in [0.1, 0.15) is 20.8 Å². The summed E-state index contributed by atoms with van der Waals surface area (Å²) in [5, 5.41) is 0. The second kappa shape index (κ2) is 7.19. The van der Waals surface area contributed by atoms with E-state index in [0.29, 0.717) is 13.1 Å². The molecule has 0 atom stereocenters. The van der Waals surface area contributed by atoms with Gasteiger partial charge in [0.15, 0.2) is 0 Å². The fraction of sp³-hybridized carbons (Fsp3) is 0.364. The maximum Gasteiger partial charge on any atom is 0.410 e. The summed E-state index contributed by atoms with van der Waals surface area (Å²) in [5.74, 6) is 0.913. The minimum absolute atomic E-state index is 0.247. The van der Waals surface area contributed by atoms with Crippen molar-refractivity contribution in [3.8, 4) is 5.69 Å². The Morgan fingerprint density at radius 2 is 1.57 bits per heavy atom. The predicted octanol–water partition coefficient (Wildman–Crippen LogP) is 4.08. The highest BCUT2D eigenvalue weighted by atomic mass is 16.6. The van der Waals surface area contributed by atoms with Crippen molar-refractivity contribution < 1.29 is 9.53 Å². The molecule has 0 spiro atoms. The van der Waals surface area contributed by atoms with E-state index in [0.717, 1.165) is 35.8 Å². The Hall–Kier alpha value is -3.02. The summed E-state index contributed by atoms with van der Waals surface area (Å²) in [4.78, 5) is 21.3. The third-order valence-electron chi connectivity index (χ3n) is 4.77. The first-order chi connectivity index (χ1) is 13.4. The van der Waals surface area contributed by atoms with Crippen LogP contribution in [0, 0.1) is 0 Å². The van der Waals surface area contributed by atoms with Gasteiger partial charge in [-0.2, -0.15) is 0 Å². The number of benzene rings is 2. The van der Waals surface area contributed by atoms with Gasteiger partial charge in [-0.15, -0.1) is 0 Å². The number of hydrogen-bond donors (Lipinski definition) is 0. The second-order valence-corrected chi connectivity index (χ2v) is 8.03. The van der Waals surface area contributed by atoms with E-state index in [4.69, 9.17) is 9.72 Å². The SMILES string of the molecule is CC(C)(C)OC(=O)N1CCN(c2nc3ccccc3n2-c2ccccc2)CC1. The molecule has 146 valence electrons. The number of piperazine rings is 1. The van der Waals surface area contributed by atoms with Crippen molar-refractivity contribution in [1.82, 2.24) is 14.5 Å². The summed E-state index contributed by atoms with van der Waals surface area (Å²) in [7, 11) is 0. The molecular weight excluding hydrogens is 352 g/mol. The molecule has 6 nitrogen and oxygen atoms in total. The zero-order valence-electron chi connectivity index (χ0n) is 16.6. The van der Waals surface area contributed by atoms with Crippen LogP contribution in [0.2, 0.25) is 0 Å². The lowest BCUT2D eigenvalue weighted by Crippen LogP contribution is -2.50. The van der Waals surface area contributed by atoms with Gasteiger partial charge in [0.25, 0.3) is 0 Å². The van der Waals surface area contributed by atoms with Crippen molar-refractivity contribution in [2.24, 2.45) is 0 Å². The van der Waals surface area contributed by atoms with Crippen LogP contribution in [-0.2, 0) is 4.74 Å². The Morgan fingerprint density at radius 1 is 0.929 bits per heavy atom. The zero-order valence-corrected chi connectivity index (χ0v) is 16.6. The van der Waals surface area contributed by atoms with E-state index in [9.17, 15) is 4.79 Å². The highest BCUT2D eigenvalue weighted by Crippen LogP contribution is 2.28. The second-order valence-electron chi connectivity index (χ2n) is 8.03. The fourth-order valence-corrected chi connectivity index (χ4v) is 3.47. The lowest BCUT2D eigenvalue weighted by atomic mass is 10.2. The molecule has 4 rings (SSSR count). The van der Waals surface area contributed by atoms with Crippen molar-refractivity contribution >= 4 is 23.1 Å². The number of carbonyl (C=O) groups is 1. The van der Waals surface area contributed by atoms with Crippen LogP contribution in [-0.4, -0.2) is 52.3 Å². The van der Waals surface area contributed by atoms with Crippen molar-refractivity contribution in [2.45, 2.75) is 26.4 Å². The molecule has 0 saturated carbocycles. The van der Waals surface area contributed by atoms with Gasteiger partial charge in [-0.3, -0.25) is 4.57 Å². The molecule has 6 heteroatoms. The topological polar surface area (TPSA) is 50.6 Å². The van der Waals surface area contributed by atoms with Crippen molar-refractivity contribution in [1.29, 1.82) is 0 Å². The monoisotopic (exact) mass is 378 g/mol. The van der Waals surface area contributed by atoms with Crippen LogP contribution >= 0.6 is 0 Å². The van der Waals surface area contributed by atoms with E-state index in [1.165, 1.54) is 0 Å². The number of rotatable bonds is 2. The summed E-state index contributed by atoms with van der Waals surface area (Å²) < 4.78 is 7.70. The van der Waals surface area contributed by atoms with Crippen LogP contribution in [0.15, 0.2) is 54.6 Å². The first-order valence-electron chi connectivity index (χ1n) is 9.68. The van der Waals surface area contributed by atoms with Crippen LogP contribution in [0.4, 0.5) is 10.7 Å². The molecule has 0 N–H and O–H groups in total. The van der Waals surface area contributed by atoms with Gasteiger partial charge in [-0.25, -0.2) is 9.78 Å². The van der Waals surface area contributed by atoms with Crippen molar-refractivity contribution in [3.63, 3.8) is 0 Å². The summed E-state index contributed by atoms with van der Waals surface area (Å²) in [6.45, 7) is 8.35. The van der Waals surface area contributed by atoms with Crippen LogP contribution in [0.5, 0.6) is 0 Å². The fourth-order valence-electron chi connectivity index (χ4n) is 3.47. The van der Waals surface area contributed by atoms with Crippen LogP contribution < -0.4 is 4.90 Å². The molecule has 28 heavy (non-hydrogen) atoms. The predicted molar refractivity (Wildman–Crippen MR) is 111 cm³/mol. The first kappa shape index (κ1) is 18.3. The van der Waals surface area contributed by atoms with E-state index < -0.39 is 5.60 Å². The Balaban J connectivity index is 1.60. The number of hydrogen-bond acceptors (Lipinski definition) is 4. The van der Waals surface area contributed by atoms with Crippen molar-refractivity contribution in [2.75, 3.05) is 31.1 Å². The smallest absolute Gasteiger partial charge is 0.410 e. The summed E-state index contributed by atoms with van der Waals surface area (Å²) in [5.41, 5.74) is 2.66. The number of aromatic nitrogens is 2. The van der Waals surface area contributed by atoms with E-state index in [1.54, 1.807) is 4.90 Å². The molecule has 0 aliphatic carbocycles. The largest absolute Gasteiger partial charge is 0.444 e. The van der Waals surface area contributed by atoms with E-state index in [2.05, 4.69) is 27.7 Å². The lowest BCUT2D eigenvalue weighted by molar-refractivity contribution is 0.0240. The molecule has 0 radical (unpaired) electrons. The molecule has 1 saturated heterocycles. The number of carbonyl (C=O) groups excluding carboxylic acids is 1. The number of imidazole rings is 1. The lowest BCUT2D eigenvalue weighted by Gasteiger charge is -2.36. The average molecular weight is 378 g/mol. The normalized spacial score (nSPS) is 15.1. The summed E-state index contributed by atoms with van der Waals surface area (Å²) in [6, 6.07) is 18.4. The van der Waals surface area contributed by atoms with Crippen LogP contribution in [0.3, 0.4) is 0 Å². The minimum Gasteiger partial charge on any atom is -0.444 e. The highest BCUT2D eigenvalue weighted by molar-refractivity contribution is 5.81. The molecule has 1 aliphatic rings. The highest BCUT2D eigenvalue weighted by Gasteiger charge is 2.28. The number of ether oxygens (including phenoxy) is 1. The Kier molecular flexibility index (Phi) is 4.71. The van der Waals surface area contributed by atoms with Gasteiger partial charge < -0.3 is 14.5 Å². The van der Waals surface area contributed by atoms with Gasteiger partial charge in [0, 0.05) is 31.9 Å². The molecule has 1 aliphatic heterocycles. The van der Waals surface area contributed by atoms with E-state index in [-0.39, 0.29) is 6.09 Å². The van der Waals surface area contributed by atoms with Gasteiger partial charge in [-0.05, 0) is 45.0 Å². The molecule has 2 heterocycles. The number of nitrogens with zero attached hydrogens (tertiary/aromatic N) is 4. The van der Waals surface area contributed by atoms with Gasteiger partial charge in [0.05, 0.1) is 11.0 Å². The summed E-state index contributed by atoms with van der Waals surface area (Å²) >= 11 is 0. The summed E-state index contributed by atoms with van der Waals surface area (Å²) in [6.07, 6.45) is -0.247. The third-order valence-corrected chi connectivity index (χ3v) is 4.77. The van der Waals surface area contributed by atoms with E-state index in [1.807, 2.05) is 57.2 Å². The molecule has 1 fully saturated rings. The number of amides is 1. The maximum atomic E-state index is 12.4. The molecule has 1 amide bonds. The molecule has 1 aromatic heterocycles. The maximum absolute atomic E-state index is 12.4. The van der Waals surface area contributed by atoms with Gasteiger partial charge in [0.1, 0.15) is 5.60 Å². The molecule has 3 aromatic rings. The van der Waals surface area contributed by atoms with Gasteiger partial charge in [-0.1, -0.05) is 30.3 Å². The van der Waals surface area contributed by atoms with Crippen LogP contribution in [0.25, 0.3) is 16.7 Å². The Bertz CT molecular complexity index is 967. The van der Waals surface area contributed by atoms with E-state index >= 15 is 0 Å². The number of fused-ring (bicyclic) bond motifs is 1. The van der Waals surface area contributed by atoms with Crippen molar-refractivity contribution in [3.05, 3.63) is 54.6 Å². The third kappa shape index (κ3) is 3.67. The average Bonchev–Trinajstić information content (AvgIpc) is 3.07. The quantitative estimate of drug-likeness (QED) is 0.674. The van der Waals surface area contributed by atoms with Gasteiger partial charge >= 0.3 is 6.09 Å². The minimum atomic E-state index is -0.477. The molecule has 0 bridgehead atoms. The van der Waals surface area contributed by atoms with Gasteiger partial charge in [0.2, 0.25) is 5.95 Å². The molecule has 0 unspecified atom stereocenters. The molecular formula is C22H26N4O2. The number of para-hydroxylation sites is 3. The number of anilines is 1. The Labute approximate surface area is 165 Å². The zero-order chi connectivity index (χ0) is 19.7.